The molecular weight excluding hydrogens is 818 g/mol. The van der Waals surface area contributed by atoms with Crippen molar-refractivity contribution in [1.82, 2.24) is 10.6 Å². The van der Waals surface area contributed by atoms with Crippen molar-refractivity contribution in [2.75, 3.05) is 20.3 Å². The Morgan fingerprint density at radius 2 is 1.58 bits per heavy atom. The molecule has 0 saturated carbocycles. The second kappa shape index (κ2) is 23.2. The zero-order valence-electron chi connectivity index (χ0n) is 34.0. The van der Waals surface area contributed by atoms with Gasteiger partial charge in [-0.15, -0.1) is 0 Å². The SMILES string of the molecule is COc1ccc(C[C@@H](NC(=O)/C=C/C[C@H](OC(=O)[C@@H](CC(C)C)OC(C)(C)CNC(=O)OC(C)(C)C)[C@H](C)/C=C/c2ccccc2)C(=O)OCC(Cl)(Cl)Cl)cc1Cl. The molecule has 0 saturated heterocycles. The third-order valence-corrected chi connectivity index (χ3v) is 8.61. The van der Waals surface area contributed by atoms with Gasteiger partial charge in [-0.1, -0.05) is 122 Å². The van der Waals surface area contributed by atoms with Gasteiger partial charge in [0.05, 0.1) is 17.7 Å². The molecule has 0 fully saturated rings. The molecule has 2 aromatic rings. The third kappa shape index (κ3) is 20.7. The van der Waals surface area contributed by atoms with Crippen LogP contribution >= 0.6 is 46.4 Å². The minimum atomic E-state index is -1.86. The van der Waals surface area contributed by atoms with E-state index >= 15 is 0 Å². The van der Waals surface area contributed by atoms with Gasteiger partial charge in [-0.25, -0.2) is 14.4 Å². The molecule has 2 N–H and O–H groups in total. The summed E-state index contributed by atoms with van der Waals surface area (Å²) in [4.78, 5) is 52.6. The maximum atomic E-state index is 13.9. The smallest absolute Gasteiger partial charge is 0.407 e. The Labute approximate surface area is 357 Å². The fourth-order valence-electron chi connectivity index (χ4n) is 5.24. The molecular formula is C42H56Cl4N2O9. The number of rotatable bonds is 20. The molecule has 4 atom stereocenters. The standard InChI is InChI=1S/C42H56Cl4N2O9/c1-27(2)22-35(56-41(7,8)25-47-39(52)57-40(4,5)6)38(51)55-33(28(3)18-19-29-14-11-10-12-15-29)16-13-17-36(49)48-32(37(50)54-26-42(44,45)46)24-30-20-21-34(53-9)31(43)23-30/h10-15,17-21,23,27-28,32-33,35H,16,22,24-26H2,1-9H3,(H,47,52)(H,48,49)/b17-13+,19-18+/t28-,32-,33+,35-/m1/s1. The van der Waals surface area contributed by atoms with E-state index in [9.17, 15) is 19.2 Å². The van der Waals surface area contributed by atoms with E-state index in [1.165, 1.54) is 13.2 Å². The van der Waals surface area contributed by atoms with E-state index in [4.69, 9.17) is 70.1 Å². The Hall–Kier alpha value is -3.48. The molecule has 15 heteroatoms. The number of amides is 2. The molecule has 0 aliphatic heterocycles. The molecule has 2 aromatic carbocycles. The van der Waals surface area contributed by atoms with Gasteiger partial charge in [-0.2, -0.15) is 0 Å². The first-order valence-corrected chi connectivity index (χ1v) is 20.1. The van der Waals surface area contributed by atoms with Crippen molar-refractivity contribution < 1.29 is 42.9 Å². The van der Waals surface area contributed by atoms with E-state index in [0.717, 1.165) is 5.56 Å². The van der Waals surface area contributed by atoms with Crippen LogP contribution in [0.15, 0.2) is 66.8 Å². The van der Waals surface area contributed by atoms with Crippen LogP contribution in [0.3, 0.4) is 0 Å². The summed E-state index contributed by atoms with van der Waals surface area (Å²) >= 11 is 23.7. The maximum Gasteiger partial charge on any atom is 0.407 e. The maximum absolute atomic E-state index is 13.9. The van der Waals surface area contributed by atoms with Crippen molar-refractivity contribution in [3.05, 3.63) is 82.9 Å². The molecule has 2 amide bonds. The second-order valence-corrected chi connectivity index (χ2v) is 18.5. The summed E-state index contributed by atoms with van der Waals surface area (Å²) in [7, 11) is 1.48. The van der Waals surface area contributed by atoms with Crippen molar-refractivity contribution in [2.45, 2.75) is 108 Å². The van der Waals surface area contributed by atoms with E-state index in [2.05, 4.69) is 10.6 Å². The Morgan fingerprint density at radius 3 is 2.16 bits per heavy atom. The number of alkyl halides is 3. The van der Waals surface area contributed by atoms with Crippen LogP contribution in [0.25, 0.3) is 6.08 Å². The molecule has 0 heterocycles. The predicted molar refractivity (Wildman–Crippen MR) is 226 cm³/mol. The molecule has 0 aliphatic rings. The van der Waals surface area contributed by atoms with Gasteiger partial charge in [0.15, 0.2) is 6.10 Å². The molecule has 11 nitrogen and oxygen atoms in total. The largest absolute Gasteiger partial charge is 0.495 e. The molecule has 0 aliphatic carbocycles. The minimum Gasteiger partial charge on any atom is -0.495 e. The summed E-state index contributed by atoms with van der Waals surface area (Å²) in [6.07, 6.45) is 4.84. The summed E-state index contributed by atoms with van der Waals surface area (Å²) < 4.78 is 26.3. The molecule has 2 rings (SSSR count). The van der Waals surface area contributed by atoms with Crippen LogP contribution in [-0.2, 0) is 39.8 Å². The summed E-state index contributed by atoms with van der Waals surface area (Å²) in [5.41, 5.74) is -0.0825. The lowest BCUT2D eigenvalue weighted by atomic mass is 9.99. The van der Waals surface area contributed by atoms with Gasteiger partial charge >= 0.3 is 18.0 Å². The number of halogens is 4. The number of ether oxygens (including phenoxy) is 5. The Bertz CT molecular complexity index is 1670. The van der Waals surface area contributed by atoms with Gasteiger partial charge in [0.2, 0.25) is 9.70 Å². The number of esters is 2. The van der Waals surface area contributed by atoms with Crippen LogP contribution in [0.1, 0.15) is 79.4 Å². The van der Waals surface area contributed by atoms with E-state index in [0.29, 0.717) is 22.8 Å². The van der Waals surface area contributed by atoms with Crippen molar-refractivity contribution >= 4 is 76.4 Å². The first-order chi connectivity index (χ1) is 26.5. The molecule has 0 spiro atoms. The van der Waals surface area contributed by atoms with E-state index < -0.39 is 63.8 Å². The van der Waals surface area contributed by atoms with Crippen LogP contribution in [0.4, 0.5) is 4.79 Å². The van der Waals surface area contributed by atoms with Crippen LogP contribution < -0.4 is 15.4 Å². The number of methoxy groups -OCH3 is 1. The van der Waals surface area contributed by atoms with Crippen molar-refractivity contribution in [3.8, 4) is 5.75 Å². The molecule has 0 radical (unpaired) electrons. The van der Waals surface area contributed by atoms with Crippen LogP contribution in [0, 0.1) is 11.8 Å². The van der Waals surface area contributed by atoms with Crippen LogP contribution in [0.5, 0.6) is 5.75 Å². The normalized spacial score (nSPS) is 14.5. The highest BCUT2D eigenvalue weighted by atomic mass is 35.6. The van der Waals surface area contributed by atoms with Crippen LogP contribution in [0.2, 0.25) is 5.02 Å². The minimum absolute atomic E-state index is 0.00438. The lowest BCUT2D eigenvalue weighted by Gasteiger charge is -2.32. The fourth-order valence-corrected chi connectivity index (χ4v) is 5.69. The fraction of sp³-hybridized carbons (Fsp3) is 0.524. The zero-order valence-corrected chi connectivity index (χ0v) is 37.1. The lowest BCUT2D eigenvalue weighted by Crippen LogP contribution is -2.46. The van der Waals surface area contributed by atoms with Gasteiger partial charge in [0, 0.05) is 25.3 Å². The summed E-state index contributed by atoms with van der Waals surface area (Å²) in [5, 5.41) is 5.68. The third-order valence-electron chi connectivity index (χ3n) is 7.99. The molecule has 0 bridgehead atoms. The van der Waals surface area contributed by atoms with Crippen LogP contribution in [-0.4, -0.2) is 77.4 Å². The van der Waals surface area contributed by atoms with Gasteiger partial charge in [0.1, 0.15) is 30.1 Å². The van der Waals surface area contributed by atoms with Gasteiger partial charge in [0.25, 0.3) is 0 Å². The summed E-state index contributed by atoms with van der Waals surface area (Å²) in [5.74, 6) is -1.85. The Morgan fingerprint density at radius 1 is 0.912 bits per heavy atom. The lowest BCUT2D eigenvalue weighted by molar-refractivity contribution is -0.175. The van der Waals surface area contributed by atoms with Gasteiger partial charge in [-0.3, -0.25) is 4.79 Å². The highest BCUT2D eigenvalue weighted by molar-refractivity contribution is 6.67. The van der Waals surface area contributed by atoms with Gasteiger partial charge < -0.3 is 34.3 Å². The Balaban J connectivity index is 2.30. The number of carbonyl (C=O) groups is 4. The second-order valence-electron chi connectivity index (χ2n) is 15.6. The zero-order chi connectivity index (χ0) is 43.0. The average Bonchev–Trinajstić information content (AvgIpc) is 3.10. The number of hydrogen-bond acceptors (Lipinski definition) is 9. The molecule has 316 valence electrons. The topological polar surface area (TPSA) is 138 Å². The van der Waals surface area contributed by atoms with E-state index in [1.807, 2.05) is 63.3 Å². The monoisotopic (exact) mass is 872 g/mol. The van der Waals surface area contributed by atoms with Crippen molar-refractivity contribution in [2.24, 2.45) is 11.8 Å². The molecule has 57 heavy (non-hydrogen) atoms. The Kier molecular flexibility index (Phi) is 20.2. The first kappa shape index (κ1) is 49.7. The number of nitrogens with one attached hydrogen (secondary N) is 2. The summed E-state index contributed by atoms with van der Waals surface area (Å²) in [6, 6.07) is 13.4. The highest BCUT2D eigenvalue weighted by Crippen LogP contribution is 2.28. The number of carbonyl (C=O) groups excluding carboxylic acids is 4. The number of alkyl carbamates (subject to hydrolysis) is 1. The van der Waals surface area contributed by atoms with Gasteiger partial charge in [-0.05, 0) is 76.3 Å². The summed E-state index contributed by atoms with van der Waals surface area (Å²) in [6.45, 7) is 14.2. The van der Waals surface area contributed by atoms with Crippen molar-refractivity contribution in [1.29, 1.82) is 0 Å². The number of benzene rings is 2. The predicted octanol–water partition coefficient (Wildman–Crippen LogP) is 9.23. The quantitative estimate of drug-likeness (QED) is 0.0577. The molecule has 0 aromatic heterocycles. The van der Waals surface area contributed by atoms with Crippen molar-refractivity contribution in [3.63, 3.8) is 0 Å². The number of hydrogen-bond donors (Lipinski definition) is 2. The van der Waals surface area contributed by atoms with E-state index in [-0.39, 0.29) is 31.2 Å². The highest BCUT2D eigenvalue weighted by Gasteiger charge is 2.33. The molecule has 0 unspecified atom stereocenters. The van der Waals surface area contributed by atoms with E-state index in [1.54, 1.807) is 58.9 Å². The average molecular weight is 875 g/mol. The first-order valence-electron chi connectivity index (χ1n) is 18.6.